The fourth-order valence-corrected chi connectivity index (χ4v) is 3.44. The van der Waals surface area contributed by atoms with Gasteiger partial charge in [0.1, 0.15) is 5.69 Å². The SMILES string of the molecule is CCCn1nccc1-c1nccnc1[C@@H]1CCCN1C(=O)C(C)(C)C. The molecule has 2 aromatic rings. The molecule has 0 bridgehead atoms. The summed E-state index contributed by atoms with van der Waals surface area (Å²) in [7, 11) is 0. The molecule has 6 nitrogen and oxygen atoms in total. The van der Waals surface area contributed by atoms with Crippen LogP contribution in [-0.4, -0.2) is 37.1 Å². The van der Waals surface area contributed by atoms with Crippen LogP contribution in [0.25, 0.3) is 11.4 Å². The number of nitrogens with zero attached hydrogens (tertiary/aromatic N) is 5. The first-order valence-electron chi connectivity index (χ1n) is 9.07. The van der Waals surface area contributed by atoms with Crippen molar-refractivity contribution in [2.45, 2.75) is 59.5 Å². The lowest BCUT2D eigenvalue weighted by molar-refractivity contribution is -0.140. The third kappa shape index (κ3) is 3.43. The highest BCUT2D eigenvalue weighted by Gasteiger charge is 2.37. The molecule has 1 saturated heterocycles. The Hall–Kier alpha value is -2.24. The molecule has 0 N–H and O–H groups in total. The van der Waals surface area contributed by atoms with E-state index in [1.807, 2.05) is 36.4 Å². The van der Waals surface area contributed by atoms with Crippen molar-refractivity contribution in [2.75, 3.05) is 6.54 Å². The molecule has 6 heteroatoms. The van der Waals surface area contributed by atoms with E-state index in [2.05, 4.69) is 22.0 Å². The topological polar surface area (TPSA) is 63.9 Å². The van der Waals surface area contributed by atoms with Crippen LogP contribution in [0.3, 0.4) is 0 Å². The van der Waals surface area contributed by atoms with Gasteiger partial charge in [-0.3, -0.25) is 19.4 Å². The molecule has 1 atom stereocenters. The minimum Gasteiger partial charge on any atom is -0.334 e. The van der Waals surface area contributed by atoms with Crippen molar-refractivity contribution in [1.82, 2.24) is 24.6 Å². The fourth-order valence-electron chi connectivity index (χ4n) is 3.44. The van der Waals surface area contributed by atoms with E-state index in [0.717, 1.165) is 49.4 Å². The van der Waals surface area contributed by atoms with Crippen LogP contribution < -0.4 is 0 Å². The Bertz CT molecular complexity index is 746. The molecule has 134 valence electrons. The molecule has 1 aliphatic rings. The second kappa shape index (κ2) is 6.94. The van der Waals surface area contributed by atoms with Crippen molar-refractivity contribution >= 4 is 5.91 Å². The van der Waals surface area contributed by atoms with E-state index in [-0.39, 0.29) is 11.9 Å². The maximum Gasteiger partial charge on any atom is 0.228 e. The highest BCUT2D eigenvalue weighted by molar-refractivity contribution is 5.82. The second-order valence-electron chi connectivity index (χ2n) is 7.64. The first kappa shape index (κ1) is 17.6. The summed E-state index contributed by atoms with van der Waals surface area (Å²) < 4.78 is 1.97. The van der Waals surface area contributed by atoms with E-state index in [0.29, 0.717) is 0 Å². The number of amides is 1. The van der Waals surface area contributed by atoms with Gasteiger partial charge in [0.25, 0.3) is 0 Å². The Morgan fingerprint density at radius 1 is 1.24 bits per heavy atom. The predicted octanol–water partition coefficient (Wildman–Crippen LogP) is 3.46. The molecule has 0 unspecified atom stereocenters. The van der Waals surface area contributed by atoms with Gasteiger partial charge in [0, 0.05) is 37.1 Å². The highest BCUT2D eigenvalue weighted by atomic mass is 16.2. The number of hydrogen-bond acceptors (Lipinski definition) is 4. The summed E-state index contributed by atoms with van der Waals surface area (Å²) in [4.78, 5) is 24.1. The number of rotatable bonds is 4. The lowest BCUT2D eigenvalue weighted by Crippen LogP contribution is -2.39. The average molecular weight is 341 g/mol. The summed E-state index contributed by atoms with van der Waals surface area (Å²) in [5, 5.41) is 4.41. The number of aromatic nitrogens is 4. The molecular weight excluding hydrogens is 314 g/mol. The number of carbonyl (C=O) groups excluding carboxylic acids is 1. The fraction of sp³-hybridized carbons (Fsp3) is 0.579. The van der Waals surface area contributed by atoms with Crippen molar-refractivity contribution in [3.63, 3.8) is 0 Å². The van der Waals surface area contributed by atoms with Crippen molar-refractivity contribution in [3.8, 4) is 11.4 Å². The van der Waals surface area contributed by atoms with Crippen LogP contribution in [-0.2, 0) is 11.3 Å². The van der Waals surface area contributed by atoms with E-state index >= 15 is 0 Å². The normalized spacial score (nSPS) is 17.9. The number of aryl methyl sites for hydroxylation is 1. The zero-order valence-corrected chi connectivity index (χ0v) is 15.6. The molecule has 0 aromatic carbocycles. The smallest absolute Gasteiger partial charge is 0.228 e. The number of likely N-dealkylation sites (tertiary alicyclic amines) is 1. The molecule has 2 aromatic heterocycles. The second-order valence-corrected chi connectivity index (χ2v) is 7.64. The Kier molecular flexibility index (Phi) is 4.88. The van der Waals surface area contributed by atoms with Crippen molar-refractivity contribution in [1.29, 1.82) is 0 Å². The van der Waals surface area contributed by atoms with Crippen LogP contribution in [0.1, 0.15) is 58.7 Å². The summed E-state index contributed by atoms with van der Waals surface area (Å²) in [6.45, 7) is 9.66. The molecular formula is C19H27N5O. The molecule has 1 aliphatic heterocycles. The van der Waals surface area contributed by atoms with Crippen molar-refractivity contribution < 1.29 is 4.79 Å². The lowest BCUT2D eigenvalue weighted by Gasteiger charge is -2.31. The molecule has 0 spiro atoms. The van der Waals surface area contributed by atoms with Crippen LogP contribution >= 0.6 is 0 Å². The van der Waals surface area contributed by atoms with Gasteiger partial charge in [-0.25, -0.2) is 0 Å². The summed E-state index contributed by atoms with van der Waals surface area (Å²) in [5.41, 5.74) is 2.30. The maximum atomic E-state index is 12.9. The minimum absolute atomic E-state index is 0.0135. The molecule has 0 aliphatic carbocycles. The van der Waals surface area contributed by atoms with Crippen LogP contribution in [0.15, 0.2) is 24.7 Å². The Labute approximate surface area is 149 Å². The zero-order valence-electron chi connectivity index (χ0n) is 15.6. The van der Waals surface area contributed by atoms with Crippen molar-refractivity contribution in [2.24, 2.45) is 5.41 Å². The molecule has 25 heavy (non-hydrogen) atoms. The van der Waals surface area contributed by atoms with Crippen LogP contribution in [0, 0.1) is 5.41 Å². The van der Waals surface area contributed by atoms with Gasteiger partial charge < -0.3 is 4.90 Å². The van der Waals surface area contributed by atoms with E-state index in [9.17, 15) is 4.79 Å². The molecule has 0 radical (unpaired) electrons. The standard InChI is InChI=1S/C19H27N5O/c1-5-12-24-15(8-9-22-24)17-16(20-10-11-21-17)14-7-6-13-23(14)18(25)19(2,3)4/h8-11,14H,5-7,12-13H2,1-4H3/t14-/m0/s1. The maximum absolute atomic E-state index is 12.9. The molecule has 3 heterocycles. The van der Waals surface area contributed by atoms with Gasteiger partial charge in [-0.15, -0.1) is 0 Å². The van der Waals surface area contributed by atoms with Gasteiger partial charge >= 0.3 is 0 Å². The Morgan fingerprint density at radius 2 is 2.00 bits per heavy atom. The molecule has 1 amide bonds. The quantitative estimate of drug-likeness (QED) is 0.854. The van der Waals surface area contributed by atoms with Crippen LogP contribution in [0.5, 0.6) is 0 Å². The first-order chi connectivity index (χ1) is 11.9. The largest absolute Gasteiger partial charge is 0.334 e. The summed E-state index contributed by atoms with van der Waals surface area (Å²) in [6.07, 6.45) is 8.16. The van der Waals surface area contributed by atoms with Crippen LogP contribution in [0.2, 0.25) is 0 Å². The van der Waals surface area contributed by atoms with Crippen LogP contribution in [0.4, 0.5) is 0 Å². The summed E-state index contributed by atoms with van der Waals surface area (Å²) in [6, 6.07) is 1.97. The van der Waals surface area contributed by atoms with E-state index in [1.54, 1.807) is 18.6 Å². The van der Waals surface area contributed by atoms with Gasteiger partial charge in [-0.2, -0.15) is 5.10 Å². The monoisotopic (exact) mass is 341 g/mol. The molecule has 3 rings (SSSR count). The number of hydrogen-bond donors (Lipinski definition) is 0. The first-order valence-corrected chi connectivity index (χ1v) is 9.07. The Morgan fingerprint density at radius 3 is 2.72 bits per heavy atom. The predicted molar refractivity (Wildman–Crippen MR) is 96.7 cm³/mol. The third-order valence-corrected chi connectivity index (χ3v) is 4.59. The Balaban J connectivity index is 2.01. The average Bonchev–Trinajstić information content (AvgIpc) is 3.22. The van der Waals surface area contributed by atoms with Gasteiger partial charge in [-0.1, -0.05) is 27.7 Å². The van der Waals surface area contributed by atoms with Gasteiger partial charge in [0.15, 0.2) is 0 Å². The van der Waals surface area contributed by atoms with Gasteiger partial charge in [0.05, 0.1) is 17.4 Å². The van der Waals surface area contributed by atoms with E-state index in [1.165, 1.54) is 0 Å². The van der Waals surface area contributed by atoms with Crippen molar-refractivity contribution in [3.05, 3.63) is 30.4 Å². The van der Waals surface area contributed by atoms with Gasteiger partial charge in [0.2, 0.25) is 5.91 Å². The lowest BCUT2D eigenvalue weighted by atomic mass is 9.94. The highest BCUT2D eigenvalue weighted by Crippen LogP contribution is 2.37. The zero-order chi connectivity index (χ0) is 18.0. The minimum atomic E-state index is -0.394. The summed E-state index contributed by atoms with van der Waals surface area (Å²) in [5.74, 6) is 0.175. The van der Waals surface area contributed by atoms with E-state index in [4.69, 9.17) is 0 Å². The number of carbonyl (C=O) groups is 1. The van der Waals surface area contributed by atoms with E-state index < -0.39 is 5.41 Å². The summed E-state index contributed by atoms with van der Waals surface area (Å²) >= 11 is 0. The molecule has 1 fully saturated rings. The third-order valence-electron chi connectivity index (χ3n) is 4.59. The van der Waals surface area contributed by atoms with Gasteiger partial charge in [-0.05, 0) is 25.3 Å². The molecule has 0 saturated carbocycles.